The van der Waals surface area contributed by atoms with E-state index in [9.17, 15) is 23.1 Å². The predicted octanol–water partition coefficient (Wildman–Crippen LogP) is 5.82. The fourth-order valence-electron chi connectivity index (χ4n) is 3.48. The molecule has 0 unspecified atom stereocenters. The molecular weight excluding hydrogens is 507 g/mol. The first-order valence-electron chi connectivity index (χ1n) is 10.7. The summed E-state index contributed by atoms with van der Waals surface area (Å²) in [7, 11) is 0. The zero-order chi connectivity index (χ0) is 26.3. The Balaban J connectivity index is 0.000000454. The van der Waals surface area contributed by atoms with Crippen molar-refractivity contribution in [3.63, 3.8) is 0 Å². The smallest absolute Gasteiger partial charge is 0.490 e. The number of aromatic amines is 1. The van der Waals surface area contributed by atoms with Gasteiger partial charge in [-0.3, -0.25) is 0 Å². The first-order valence-corrected chi connectivity index (χ1v) is 11.1. The third-order valence-electron chi connectivity index (χ3n) is 5.24. The Hall–Kier alpha value is -3.80. The summed E-state index contributed by atoms with van der Waals surface area (Å²) >= 11 is 6.02. The summed E-state index contributed by atoms with van der Waals surface area (Å²) in [6.07, 6.45) is -0.253. The molecule has 1 heterocycles. The summed E-state index contributed by atoms with van der Waals surface area (Å²) in [6.45, 7) is 0.633. The van der Waals surface area contributed by atoms with E-state index in [1.807, 2.05) is 30.3 Å². The van der Waals surface area contributed by atoms with Crippen LogP contribution in [0.25, 0.3) is 11.1 Å². The number of halogens is 4. The number of rotatable bonds is 7. The molecule has 0 bridgehead atoms. The van der Waals surface area contributed by atoms with Crippen molar-refractivity contribution in [1.29, 1.82) is 0 Å². The third kappa shape index (κ3) is 7.35. The fraction of sp³-hybridized carbons (Fsp3) is 0.304. The van der Waals surface area contributed by atoms with E-state index in [-0.39, 0.29) is 11.6 Å². The van der Waals surface area contributed by atoms with E-state index in [0.717, 1.165) is 11.1 Å². The summed E-state index contributed by atoms with van der Waals surface area (Å²) in [4.78, 5) is 20.1. The quantitative estimate of drug-likeness (QED) is 0.350. The third-order valence-corrected chi connectivity index (χ3v) is 5.50. The molecular formula is C23H21ClF3N3O6. The maximum absolute atomic E-state index is 11.2. The Bertz CT molecular complexity index is 1190. The number of benzene rings is 2. The molecule has 0 aliphatic heterocycles. The van der Waals surface area contributed by atoms with E-state index in [4.69, 9.17) is 31.0 Å². The Morgan fingerprint density at radius 3 is 2.31 bits per heavy atom. The lowest BCUT2D eigenvalue weighted by molar-refractivity contribution is -0.192. The standard InChI is InChI=1S/C21H20ClN3O4.C2HF3O2/c22-15-7-5-14(6-8-15)17-10-9-16(29-20-19(21(26)27)23-25-24-20)11-18(17)28-12-13-3-1-2-4-13;3-2(4,5)1(6)7/h5-11,13H,1-4,12H2,(H,26,27)(H,23,24,25);(H,6,7). The van der Waals surface area contributed by atoms with Crippen molar-refractivity contribution >= 4 is 23.5 Å². The van der Waals surface area contributed by atoms with Crippen molar-refractivity contribution in [1.82, 2.24) is 15.4 Å². The molecule has 0 spiro atoms. The van der Waals surface area contributed by atoms with Gasteiger partial charge in [-0.05, 0) is 48.6 Å². The molecule has 1 saturated carbocycles. The van der Waals surface area contributed by atoms with E-state index in [1.165, 1.54) is 25.7 Å². The second kappa shape index (κ2) is 11.8. The lowest BCUT2D eigenvalue weighted by Crippen LogP contribution is -2.21. The Morgan fingerprint density at radius 2 is 1.72 bits per heavy atom. The topological polar surface area (TPSA) is 135 Å². The number of carbonyl (C=O) groups is 2. The number of carboxylic acids is 2. The number of H-pyrrole nitrogens is 1. The average Bonchev–Trinajstić information content (AvgIpc) is 3.50. The summed E-state index contributed by atoms with van der Waals surface area (Å²) in [5.74, 6) is -2.42. The molecule has 2 aromatic carbocycles. The number of aromatic nitrogens is 3. The number of aromatic carboxylic acids is 1. The second-order valence-corrected chi connectivity index (χ2v) is 8.26. The lowest BCUT2D eigenvalue weighted by atomic mass is 10.0. The zero-order valence-corrected chi connectivity index (χ0v) is 19.3. The predicted molar refractivity (Wildman–Crippen MR) is 121 cm³/mol. The molecule has 3 N–H and O–H groups in total. The molecule has 1 fully saturated rings. The number of nitrogens with zero attached hydrogens (tertiary/aromatic N) is 2. The Morgan fingerprint density at radius 1 is 1.08 bits per heavy atom. The van der Waals surface area contributed by atoms with E-state index in [2.05, 4.69) is 15.4 Å². The second-order valence-electron chi connectivity index (χ2n) is 7.83. The van der Waals surface area contributed by atoms with Crippen LogP contribution >= 0.6 is 11.6 Å². The molecule has 0 saturated heterocycles. The van der Waals surface area contributed by atoms with Gasteiger partial charge >= 0.3 is 18.1 Å². The SMILES string of the molecule is O=C(O)C(F)(F)F.O=C(O)c1[nH]nnc1Oc1ccc(-c2ccc(Cl)cc2)c(OCC2CCCC2)c1. The van der Waals surface area contributed by atoms with Gasteiger partial charge in [-0.2, -0.15) is 13.2 Å². The van der Waals surface area contributed by atoms with Crippen LogP contribution in [-0.4, -0.2) is 50.3 Å². The molecule has 0 amide bonds. The zero-order valence-electron chi connectivity index (χ0n) is 18.6. The fourth-order valence-corrected chi connectivity index (χ4v) is 3.60. The number of hydrogen-bond acceptors (Lipinski definition) is 6. The highest BCUT2D eigenvalue weighted by Gasteiger charge is 2.38. The molecule has 192 valence electrons. The lowest BCUT2D eigenvalue weighted by Gasteiger charge is -2.16. The van der Waals surface area contributed by atoms with Crippen LogP contribution in [0.4, 0.5) is 13.2 Å². The van der Waals surface area contributed by atoms with Crippen LogP contribution in [0.5, 0.6) is 17.4 Å². The molecule has 0 atom stereocenters. The number of alkyl halides is 3. The molecule has 1 aliphatic rings. The van der Waals surface area contributed by atoms with E-state index in [1.54, 1.807) is 12.1 Å². The van der Waals surface area contributed by atoms with Crippen LogP contribution in [-0.2, 0) is 4.79 Å². The molecule has 3 aromatic rings. The van der Waals surface area contributed by atoms with Crippen molar-refractivity contribution in [2.45, 2.75) is 31.9 Å². The van der Waals surface area contributed by atoms with Gasteiger partial charge in [0.1, 0.15) is 11.5 Å². The minimum absolute atomic E-state index is 0.0986. The highest BCUT2D eigenvalue weighted by Crippen LogP contribution is 2.36. The minimum Gasteiger partial charge on any atom is -0.493 e. The summed E-state index contributed by atoms with van der Waals surface area (Å²) in [5.41, 5.74) is 1.67. The molecule has 36 heavy (non-hydrogen) atoms. The minimum atomic E-state index is -5.08. The average molecular weight is 528 g/mol. The molecule has 0 radical (unpaired) electrons. The van der Waals surface area contributed by atoms with E-state index >= 15 is 0 Å². The van der Waals surface area contributed by atoms with Gasteiger partial charge in [0.25, 0.3) is 5.88 Å². The van der Waals surface area contributed by atoms with Gasteiger partial charge in [-0.25, -0.2) is 14.7 Å². The molecule has 1 aromatic heterocycles. The maximum atomic E-state index is 11.2. The van der Waals surface area contributed by atoms with Crippen LogP contribution < -0.4 is 9.47 Å². The van der Waals surface area contributed by atoms with Gasteiger partial charge in [0.2, 0.25) is 5.69 Å². The number of carboxylic acid groups (broad SMARTS) is 2. The Kier molecular flexibility index (Phi) is 8.75. The van der Waals surface area contributed by atoms with E-state index in [0.29, 0.717) is 29.0 Å². The number of aliphatic carboxylic acids is 1. The van der Waals surface area contributed by atoms with Crippen molar-refractivity contribution in [2.75, 3.05) is 6.61 Å². The first-order chi connectivity index (χ1) is 17.0. The normalized spacial score (nSPS) is 13.6. The monoisotopic (exact) mass is 527 g/mol. The number of nitrogens with one attached hydrogen (secondary N) is 1. The maximum Gasteiger partial charge on any atom is 0.490 e. The highest BCUT2D eigenvalue weighted by atomic mass is 35.5. The van der Waals surface area contributed by atoms with Crippen LogP contribution in [0.2, 0.25) is 5.02 Å². The summed E-state index contributed by atoms with van der Waals surface area (Å²) in [6, 6.07) is 12.9. The van der Waals surface area contributed by atoms with Crippen LogP contribution in [0.3, 0.4) is 0 Å². The molecule has 1 aliphatic carbocycles. The van der Waals surface area contributed by atoms with Gasteiger partial charge in [-0.1, -0.05) is 46.9 Å². The molecule has 13 heteroatoms. The van der Waals surface area contributed by atoms with Crippen molar-refractivity contribution < 1.29 is 42.4 Å². The summed E-state index contributed by atoms with van der Waals surface area (Å²) < 4.78 is 43.6. The van der Waals surface area contributed by atoms with Gasteiger partial charge < -0.3 is 19.7 Å². The van der Waals surface area contributed by atoms with Gasteiger partial charge in [0.05, 0.1) is 6.61 Å². The van der Waals surface area contributed by atoms with Crippen LogP contribution in [0.1, 0.15) is 36.2 Å². The van der Waals surface area contributed by atoms with Gasteiger partial charge in [0.15, 0.2) is 0 Å². The number of ether oxygens (including phenoxy) is 2. The molecule has 4 rings (SSSR count). The Labute approximate surface area is 207 Å². The van der Waals surface area contributed by atoms with Crippen molar-refractivity contribution in [3.8, 4) is 28.5 Å². The van der Waals surface area contributed by atoms with Crippen LogP contribution in [0.15, 0.2) is 42.5 Å². The van der Waals surface area contributed by atoms with E-state index < -0.39 is 18.1 Å². The summed E-state index contributed by atoms with van der Waals surface area (Å²) in [5, 5.41) is 26.5. The van der Waals surface area contributed by atoms with Crippen molar-refractivity contribution in [3.05, 3.63) is 53.2 Å². The highest BCUT2D eigenvalue weighted by molar-refractivity contribution is 6.30. The largest absolute Gasteiger partial charge is 0.493 e. The number of hydrogen-bond donors (Lipinski definition) is 3. The molecule has 9 nitrogen and oxygen atoms in total. The van der Waals surface area contributed by atoms with Crippen LogP contribution in [0, 0.1) is 5.92 Å². The van der Waals surface area contributed by atoms with Crippen molar-refractivity contribution in [2.24, 2.45) is 5.92 Å². The van der Waals surface area contributed by atoms with Gasteiger partial charge in [-0.15, -0.1) is 0 Å². The first kappa shape index (κ1) is 26.8. The van der Waals surface area contributed by atoms with Gasteiger partial charge in [0, 0.05) is 16.7 Å².